The van der Waals surface area contributed by atoms with Crippen molar-refractivity contribution in [2.24, 2.45) is 7.05 Å². The van der Waals surface area contributed by atoms with Gasteiger partial charge in [-0.3, -0.25) is 9.67 Å². The molecule has 0 saturated heterocycles. The quantitative estimate of drug-likeness (QED) is 0.587. The number of nitrogens with one attached hydrogen (secondary N) is 1. The second kappa shape index (κ2) is 6.86. The molecule has 4 aromatic rings. The molecule has 0 radical (unpaired) electrons. The minimum atomic E-state index is 0.694. The van der Waals surface area contributed by atoms with E-state index in [1.54, 1.807) is 17.5 Å². The first-order chi connectivity index (χ1) is 12.3. The topological polar surface area (TPSA) is 55.6 Å². The van der Waals surface area contributed by atoms with E-state index in [-0.39, 0.29) is 0 Å². The predicted octanol–water partition coefficient (Wildman–Crippen LogP) is 4.22. The zero-order chi connectivity index (χ0) is 17.1. The highest BCUT2D eigenvalue weighted by atomic mass is 32.1. The summed E-state index contributed by atoms with van der Waals surface area (Å²) < 4.78 is 1.84. The summed E-state index contributed by atoms with van der Waals surface area (Å²) in [4.78, 5) is 8.57. The Kier molecular flexibility index (Phi) is 4.26. The van der Waals surface area contributed by atoms with E-state index in [9.17, 15) is 0 Å². The summed E-state index contributed by atoms with van der Waals surface area (Å²) in [5.74, 6) is 0. The lowest BCUT2D eigenvalue weighted by molar-refractivity contribution is 0.770. The highest BCUT2D eigenvalue weighted by molar-refractivity contribution is 7.13. The fourth-order valence-corrected chi connectivity index (χ4v) is 3.37. The van der Waals surface area contributed by atoms with Crippen molar-refractivity contribution < 1.29 is 0 Å². The van der Waals surface area contributed by atoms with Crippen LogP contribution < -0.4 is 5.32 Å². The molecular weight excluding hydrogens is 330 g/mol. The first-order valence-electron chi connectivity index (χ1n) is 7.96. The number of benzene rings is 1. The van der Waals surface area contributed by atoms with Gasteiger partial charge in [0.1, 0.15) is 5.01 Å². The summed E-state index contributed by atoms with van der Waals surface area (Å²) in [5, 5.41) is 11.1. The van der Waals surface area contributed by atoms with Gasteiger partial charge in [0.15, 0.2) is 0 Å². The van der Waals surface area contributed by atoms with Gasteiger partial charge in [0.2, 0.25) is 0 Å². The molecule has 0 amide bonds. The highest BCUT2D eigenvalue weighted by Crippen LogP contribution is 2.26. The van der Waals surface area contributed by atoms with Gasteiger partial charge in [-0.05, 0) is 24.3 Å². The summed E-state index contributed by atoms with van der Waals surface area (Å²) >= 11 is 1.64. The molecule has 0 fully saturated rings. The minimum Gasteiger partial charge on any atom is -0.381 e. The maximum Gasteiger partial charge on any atom is 0.123 e. The van der Waals surface area contributed by atoms with Crippen LogP contribution in [0.15, 0.2) is 66.6 Å². The van der Waals surface area contributed by atoms with E-state index in [4.69, 9.17) is 0 Å². The van der Waals surface area contributed by atoms with Gasteiger partial charge in [-0.1, -0.05) is 12.1 Å². The summed E-state index contributed by atoms with van der Waals surface area (Å²) in [5.41, 5.74) is 5.30. The molecule has 0 aliphatic rings. The number of nitrogens with zero attached hydrogens (tertiary/aromatic N) is 4. The van der Waals surface area contributed by atoms with Crippen molar-refractivity contribution in [2.45, 2.75) is 6.54 Å². The van der Waals surface area contributed by atoms with E-state index in [1.807, 2.05) is 53.9 Å². The van der Waals surface area contributed by atoms with Gasteiger partial charge < -0.3 is 5.32 Å². The molecule has 1 N–H and O–H groups in total. The van der Waals surface area contributed by atoms with Crippen molar-refractivity contribution in [2.75, 3.05) is 5.32 Å². The molecule has 25 heavy (non-hydrogen) atoms. The molecule has 3 aromatic heterocycles. The molecule has 4 rings (SSSR count). The lowest BCUT2D eigenvalue weighted by Gasteiger charge is -2.08. The van der Waals surface area contributed by atoms with Crippen LogP contribution in [0, 0.1) is 0 Å². The second-order valence-corrected chi connectivity index (χ2v) is 6.58. The van der Waals surface area contributed by atoms with Gasteiger partial charge in [-0.2, -0.15) is 5.10 Å². The van der Waals surface area contributed by atoms with Gasteiger partial charge in [0.25, 0.3) is 0 Å². The number of pyridine rings is 1. The number of thiazole rings is 1. The molecule has 0 spiro atoms. The number of hydrogen-bond acceptors (Lipinski definition) is 5. The Morgan fingerprint density at radius 3 is 2.84 bits per heavy atom. The third-order valence-electron chi connectivity index (χ3n) is 3.86. The number of rotatable bonds is 5. The molecule has 6 heteroatoms. The molecule has 0 unspecified atom stereocenters. The Bertz CT molecular complexity index is 961. The lowest BCUT2D eigenvalue weighted by atomic mass is 10.1. The third kappa shape index (κ3) is 3.44. The van der Waals surface area contributed by atoms with Crippen molar-refractivity contribution in [1.82, 2.24) is 19.7 Å². The van der Waals surface area contributed by atoms with E-state index in [0.717, 1.165) is 33.1 Å². The monoisotopic (exact) mass is 347 g/mol. The average Bonchev–Trinajstić information content (AvgIpc) is 3.31. The maximum atomic E-state index is 4.58. The van der Waals surface area contributed by atoms with E-state index in [0.29, 0.717) is 6.54 Å². The van der Waals surface area contributed by atoms with Gasteiger partial charge in [0.05, 0.1) is 5.69 Å². The normalized spacial score (nSPS) is 10.8. The Morgan fingerprint density at radius 2 is 2.04 bits per heavy atom. The number of aromatic nitrogens is 4. The number of hydrogen-bond donors (Lipinski definition) is 1. The zero-order valence-electron chi connectivity index (χ0n) is 13.8. The number of anilines is 1. The molecule has 0 aliphatic heterocycles. The molecule has 5 nitrogen and oxygen atoms in total. The average molecular weight is 347 g/mol. The van der Waals surface area contributed by atoms with Crippen LogP contribution in [-0.4, -0.2) is 19.7 Å². The van der Waals surface area contributed by atoms with E-state index in [1.165, 1.54) is 0 Å². The first kappa shape index (κ1) is 15.5. The first-order valence-corrected chi connectivity index (χ1v) is 8.84. The molecule has 124 valence electrons. The van der Waals surface area contributed by atoms with Crippen molar-refractivity contribution in [1.29, 1.82) is 0 Å². The largest absolute Gasteiger partial charge is 0.381 e. The van der Waals surface area contributed by atoms with Crippen LogP contribution in [0.1, 0.15) is 5.56 Å². The van der Waals surface area contributed by atoms with Crippen LogP contribution in [0.25, 0.3) is 21.8 Å². The Hall–Kier alpha value is -2.99. The summed E-state index contributed by atoms with van der Waals surface area (Å²) in [7, 11) is 1.94. The van der Waals surface area contributed by atoms with Gasteiger partial charge in [-0.15, -0.1) is 11.3 Å². The van der Waals surface area contributed by atoms with Crippen LogP contribution in [0.4, 0.5) is 5.69 Å². The summed E-state index contributed by atoms with van der Waals surface area (Å²) in [6.07, 6.45) is 7.49. The molecule has 0 aliphatic carbocycles. The fraction of sp³-hybridized carbons (Fsp3) is 0.105. The summed E-state index contributed by atoms with van der Waals surface area (Å²) in [6, 6.07) is 12.3. The number of aryl methyl sites for hydroxylation is 1. The zero-order valence-corrected chi connectivity index (χ0v) is 14.6. The Balaban J connectivity index is 1.56. The molecule has 0 bridgehead atoms. The van der Waals surface area contributed by atoms with Crippen molar-refractivity contribution >= 4 is 17.0 Å². The SMILES string of the molecule is Cn1cc(CNc2cccc(-c3nccs3)c2)c(-c2cccnc2)n1. The molecule has 3 heterocycles. The fourth-order valence-electron chi connectivity index (χ4n) is 2.74. The van der Waals surface area contributed by atoms with Gasteiger partial charge in [-0.25, -0.2) is 4.98 Å². The predicted molar refractivity (Wildman–Crippen MR) is 101 cm³/mol. The smallest absolute Gasteiger partial charge is 0.123 e. The third-order valence-corrected chi connectivity index (χ3v) is 4.69. The van der Waals surface area contributed by atoms with Gasteiger partial charge >= 0.3 is 0 Å². The van der Waals surface area contributed by atoms with Crippen LogP contribution in [0.3, 0.4) is 0 Å². The van der Waals surface area contributed by atoms with Crippen LogP contribution in [0.2, 0.25) is 0 Å². The molecular formula is C19H17N5S. The van der Waals surface area contributed by atoms with Crippen molar-refractivity contribution in [3.8, 4) is 21.8 Å². The Labute approximate surface area is 150 Å². The highest BCUT2D eigenvalue weighted by Gasteiger charge is 2.10. The van der Waals surface area contributed by atoms with Crippen molar-refractivity contribution in [3.05, 3.63) is 72.1 Å². The minimum absolute atomic E-state index is 0.694. The van der Waals surface area contributed by atoms with E-state index < -0.39 is 0 Å². The van der Waals surface area contributed by atoms with Gasteiger partial charge in [0, 0.05) is 66.1 Å². The van der Waals surface area contributed by atoms with Crippen LogP contribution in [0.5, 0.6) is 0 Å². The standard InChI is InChI=1S/C19H17N5S/c1-24-13-16(18(23-24)15-5-3-7-20-11-15)12-22-17-6-2-4-14(10-17)19-21-8-9-25-19/h2-11,13,22H,12H2,1H3. The Morgan fingerprint density at radius 1 is 1.12 bits per heavy atom. The molecule has 1 aromatic carbocycles. The molecule has 0 saturated carbocycles. The maximum absolute atomic E-state index is 4.58. The van der Waals surface area contributed by atoms with E-state index in [2.05, 4.69) is 38.6 Å². The van der Waals surface area contributed by atoms with Crippen LogP contribution in [-0.2, 0) is 13.6 Å². The lowest BCUT2D eigenvalue weighted by Crippen LogP contribution is -2.00. The molecule has 0 atom stereocenters. The van der Waals surface area contributed by atoms with Crippen LogP contribution >= 0.6 is 11.3 Å². The summed E-state index contributed by atoms with van der Waals surface area (Å²) in [6.45, 7) is 0.694. The van der Waals surface area contributed by atoms with Crippen molar-refractivity contribution in [3.63, 3.8) is 0 Å². The second-order valence-electron chi connectivity index (χ2n) is 5.69. The van der Waals surface area contributed by atoms with E-state index >= 15 is 0 Å².